The minimum absolute atomic E-state index is 0.0161. The van der Waals surface area contributed by atoms with Crippen LogP contribution in [-0.4, -0.2) is 28.0 Å². The topological polar surface area (TPSA) is 64.0 Å². The molecule has 2 rings (SSSR count). The van der Waals surface area contributed by atoms with Crippen molar-refractivity contribution in [2.45, 2.75) is 72.3 Å². The molecule has 0 spiro atoms. The van der Waals surface area contributed by atoms with Gasteiger partial charge in [0.15, 0.2) is 0 Å². The molecule has 1 aliphatic carbocycles. The van der Waals surface area contributed by atoms with Crippen LogP contribution in [0.4, 0.5) is 0 Å². The minimum Gasteiger partial charge on any atom is -0.354 e. The van der Waals surface area contributed by atoms with Gasteiger partial charge in [0.1, 0.15) is 12.3 Å². The number of aryl methyl sites for hydroxylation is 2. The van der Waals surface area contributed by atoms with Gasteiger partial charge in [-0.2, -0.15) is 5.10 Å². The SMILES string of the molecule is CCCCC(=O)C1CCC(CNC(=O)Cn2nc(C)cc2C)CC1. The molecule has 134 valence electrons. The molecule has 0 saturated heterocycles. The van der Waals surface area contributed by atoms with Crippen molar-refractivity contribution in [3.63, 3.8) is 0 Å². The summed E-state index contributed by atoms with van der Waals surface area (Å²) in [5, 5.41) is 7.35. The Balaban J connectivity index is 1.68. The van der Waals surface area contributed by atoms with Gasteiger partial charge in [-0.1, -0.05) is 13.3 Å². The average molecular weight is 333 g/mol. The van der Waals surface area contributed by atoms with Gasteiger partial charge < -0.3 is 5.32 Å². The highest BCUT2D eigenvalue weighted by Gasteiger charge is 2.25. The first kappa shape index (κ1) is 18.7. The Labute approximate surface area is 145 Å². The van der Waals surface area contributed by atoms with Crippen molar-refractivity contribution in [2.24, 2.45) is 11.8 Å². The summed E-state index contributed by atoms with van der Waals surface area (Å²) >= 11 is 0. The number of rotatable bonds is 8. The Morgan fingerprint density at radius 3 is 2.54 bits per heavy atom. The van der Waals surface area contributed by atoms with Crippen LogP contribution >= 0.6 is 0 Å². The number of nitrogens with zero attached hydrogens (tertiary/aromatic N) is 2. The number of nitrogens with one attached hydrogen (secondary N) is 1. The van der Waals surface area contributed by atoms with Crippen molar-refractivity contribution in [3.05, 3.63) is 17.5 Å². The minimum atomic E-state index is 0.0161. The van der Waals surface area contributed by atoms with Crippen molar-refractivity contribution < 1.29 is 9.59 Å². The van der Waals surface area contributed by atoms with Crippen LogP contribution in [0.1, 0.15) is 63.3 Å². The van der Waals surface area contributed by atoms with E-state index < -0.39 is 0 Å². The highest BCUT2D eigenvalue weighted by molar-refractivity contribution is 5.81. The molecule has 0 bridgehead atoms. The predicted octanol–water partition coefficient (Wildman–Crippen LogP) is 3.18. The molecule has 0 atom stereocenters. The first-order valence-corrected chi connectivity index (χ1v) is 9.30. The van der Waals surface area contributed by atoms with Gasteiger partial charge in [0.05, 0.1) is 5.69 Å². The Morgan fingerprint density at radius 2 is 1.96 bits per heavy atom. The van der Waals surface area contributed by atoms with E-state index in [1.165, 1.54) is 0 Å². The molecule has 1 aromatic heterocycles. The average Bonchev–Trinajstić information content (AvgIpc) is 2.88. The summed E-state index contributed by atoms with van der Waals surface area (Å²) in [4.78, 5) is 24.2. The second-order valence-electron chi connectivity index (χ2n) is 7.18. The van der Waals surface area contributed by atoms with Crippen molar-refractivity contribution in [2.75, 3.05) is 6.54 Å². The molecule has 1 fully saturated rings. The summed E-state index contributed by atoms with van der Waals surface area (Å²) in [6, 6.07) is 1.98. The molecule has 1 N–H and O–H groups in total. The molecule has 1 saturated carbocycles. The highest BCUT2D eigenvalue weighted by Crippen LogP contribution is 2.30. The summed E-state index contributed by atoms with van der Waals surface area (Å²) < 4.78 is 1.74. The standard InChI is InChI=1S/C19H31N3O2/c1-4-5-6-18(23)17-9-7-16(8-10-17)12-20-19(24)13-22-15(3)11-14(2)21-22/h11,16-17H,4-10,12-13H2,1-3H3,(H,20,24). The fraction of sp³-hybridized carbons (Fsp3) is 0.737. The molecule has 0 aliphatic heterocycles. The van der Waals surface area contributed by atoms with E-state index in [1.807, 2.05) is 19.9 Å². The summed E-state index contributed by atoms with van der Waals surface area (Å²) in [7, 11) is 0. The molecule has 24 heavy (non-hydrogen) atoms. The number of aromatic nitrogens is 2. The third kappa shape index (κ3) is 5.46. The molecular weight excluding hydrogens is 302 g/mol. The fourth-order valence-electron chi connectivity index (χ4n) is 3.53. The molecule has 1 aromatic rings. The van der Waals surface area contributed by atoms with Crippen LogP contribution in [0.25, 0.3) is 0 Å². The van der Waals surface area contributed by atoms with E-state index in [0.717, 1.165) is 56.3 Å². The summed E-state index contributed by atoms with van der Waals surface area (Å²) in [5.41, 5.74) is 1.94. The summed E-state index contributed by atoms with van der Waals surface area (Å²) in [5.74, 6) is 1.23. The largest absolute Gasteiger partial charge is 0.354 e. The van der Waals surface area contributed by atoms with Crippen LogP contribution in [0, 0.1) is 25.7 Å². The maximum Gasteiger partial charge on any atom is 0.241 e. The molecular formula is C19H31N3O2. The van der Waals surface area contributed by atoms with Crippen LogP contribution < -0.4 is 5.32 Å². The van der Waals surface area contributed by atoms with Gasteiger partial charge in [0, 0.05) is 24.6 Å². The van der Waals surface area contributed by atoms with E-state index >= 15 is 0 Å². The molecule has 1 amide bonds. The molecule has 1 heterocycles. The fourth-order valence-corrected chi connectivity index (χ4v) is 3.53. The molecule has 0 unspecified atom stereocenters. The number of ketones is 1. The van der Waals surface area contributed by atoms with E-state index in [4.69, 9.17) is 0 Å². The van der Waals surface area contributed by atoms with Crippen molar-refractivity contribution in [1.82, 2.24) is 15.1 Å². The normalized spacial score (nSPS) is 20.8. The second kappa shape index (κ2) is 9.00. The van der Waals surface area contributed by atoms with Gasteiger partial charge in [-0.25, -0.2) is 0 Å². The summed E-state index contributed by atoms with van der Waals surface area (Å²) in [6.07, 6.45) is 6.90. The number of carbonyl (C=O) groups is 2. The van der Waals surface area contributed by atoms with Gasteiger partial charge in [-0.15, -0.1) is 0 Å². The van der Waals surface area contributed by atoms with E-state index in [1.54, 1.807) is 4.68 Å². The number of hydrogen-bond acceptors (Lipinski definition) is 3. The van der Waals surface area contributed by atoms with Gasteiger partial charge in [0.25, 0.3) is 0 Å². The molecule has 1 aliphatic rings. The predicted molar refractivity (Wildman–Crippen MR) is 94.7 cm³/mol. The lowest BCUT2D eigenvalue weighted by Crippen LogP contribution is -2.34. The van der Waals surface area contributed by atoms with Crippen LogP contribution in [0.2, 0.25) is 0 Å². The van der Waals surface area contributed by atoms with Crippen LogP contribution in [-0.2, 0) is 16.1 Å². The lowest BCUT2D eigenvalue weighted by molar-refractivity contribution is -0.125. The number of unbranched alkanes of at least 4 members (excludes halogenated alkanes) is 1. The Morgan fingerprint density at radius 1 is 1.25 bits per heavy atom. The Hall–Kier alpha value is -1.65. The number of carbonyl (C=O) groups excluding carboxylic acids is 2. The molecule has 5 heteroatoms. The zero-order valence-electron chi connectivity index (χ0n) is 15.3. The van der Waals surface area contributed by atoms with Gasteiger partial charge >= 0.3 is 0 Å². The third-order valence-electron chi connectivity index (χ3n) is 5.06. The van der Waals surface area contributed by atoms with Gasteiger partial charge in [0.2, 0.25) is 5.91 Å². The Kier molecular flexibility index (Phi) is 7.00. The maximum absolute atomic E-state index is 12.1. The molecule has 0 radical (unpaired) electrons. The highest BCUT2D eigenvalue weighted by atomic mass is 16.2. The number of Topliss-reactive ketones (excluding diaryl/α,β-unsaturated/α-hetero) is 1. The Bertz CT molecular complexity index is 557. The van der Waals surface area contributed by atoms with Crippen LogP contribution in [0.15, 0.2) is 6.07 Å². The van der Waals surface area contributed by atoms with E-state index in [2.05, 4.69) is 17.3 Å². The lowest BCUT2D eigenvalue weighted by atomic mass is 9.79. The zero-order valence-corrected chi connectivity index (χ0v) is 15.3. The zero-order chi connectivity index (χ0) is 17.5. The number of hydrogen-bond donors (Lipinski definition) is 1. The van der Waals surface area contributed by atoms with E-state index in [-0.39, 0.29) is 18.4 Å². The van der Waals surface area contributed by atoms with Crippen LogP contribution in [0.5, 0.6) is 0 Å². The first-order chi connectivity index (χ1) is 11.5. The smallest absolute Gasteiger partial charge is 0.241 e. The van der Waals surface area contributed by atoms with Crippen molar-refractivity contribution in [3.8, 4) is 0 Å². The van der Waals surface area contributed by atoms with Gasteiger partial charge in [-0.3, -0.25) is 14.3 Å². The summed E-state index contributed by atoms with van der Waals surface area (Å²) in [6.45, 7) is 7.02. The third-order valence-corrected chi connectivity index (χ3v) is 5.06. The first-order valence-electron chi connectivity index (χ1n) is 9.30. The van der Waals surface area contributed by atoms with Crippen molar-refractivity contribution in [1.29, 1.82) is 0 Å². The van der Waals surface area contributed by atoms with Gasteiger partial charge in [-0.05, 0) is 57.9 Å². The quantitative estimate of drug-likeness (QED) is 0.794. The molecule has 5 nitrogen and oxygen atoms in total. The van der Waals surface area contributed by atoms with E-state index in [0.29, 0.717) is 18.2 Å². The maximum atomic E-state index is 12.1. The second-order valence-corrected chi connectivity index (χ2v) is 7.18. The van der Waals surface area contributed by atoms with Crippen molar-refractivity contribution >= 4 is 11.7 Å². The monoisotopic (exact) mass is 333 g/mol. The number of amides is 1. The molecule has 0 aromatic carbocycles. The van der Waals surface area contributed by atoms with E-state index in [9.17, 15) is 9.59 Å². The van der Waals surface area contributed by atoms with Crippen LogP contribution in [0.3, 0.4) is 0 Å². The lowest BCUT2D eigenvalue weighted by Gasteiger charge is -2.27.